The van der Waals surface area contributed by atoms with Gasteiger partial charge >= 0.3 is 0 Å². The van der Waals surface area contributed by atoms with Gasteiger partial charge in [0.05, 0.1) is 4.92 Å². The SMILES string of the molecule is O=[N+]([O-])c1ccc(-c2noc(-c3cc(-c4ccc(F)cc4)on3)n2)cc1. The number of nitrogens with zero attached hydrogens (tertiary/aromatic N) is 4. The predicted octanol–water partition coefficient (Wildman–Crippen LogP) is 4.11. The van der Waals surface area contributed by atoms with Gasteiger partial charge < -0.3 is 9.05 Å². The molecule has 2 aromatic heterocycles. The summed E-state index contributed by atoms with van der Waals surface area (Å²) >= 11 is 0. The van der Waals surface area contributed by atoms with Crippen LogP contribution in [0, 0.1) is 15.9 Å². The van der Waals surface area contributed by atoms with Gasteiger partial charge in [-0.15, -0.1) is 0 Å². The molecule has 4 rings (SSSR count). The van der Waals surface area contributed by atoms with Crippen molar-refractivity contribution in [3.05, 3.63) is 70.5 Å². The van der Waals surface area contributed by atoms with Crippen LogP contribution in [-0.4, -0.2) is 20.2 Å². The van der Waals surface area contributed by atoms with Crippen LogP contribution in [-0.2, 0) is 0 Å². The summed E-state index contributed by atoms with van der Waals surface area (Å²) in [5, 5.41) is 18.4. The van der Waals surface area contributed by atoms with Crippen LogP contribution < -0.4 is 0 Å². The van der Waals surface area contributed by atoms with Crippen LogP contribution in [0.5, 0.6) is 0 Å². The summed E-state index contributed by atoms with van der Waals surface area (Å²) in [5.74, 6) is 0.477. The summed E-state index contributed by atoms with van der Waals surface area (Å²) in [6.45, 7) is 0. The Balaban J connectivity index is 1.60. The summed E-state index contributed by atoms with van der Waals surface area (Å²) in [6, 6.07) is 13.1. The van der Waals surface area contributed by atoms with Crippen LogP contribution >= 0.6 is 0 Å². The maximum absolute atomic E-state index is 13.0. The number of halogens is 1. The van der Waals surface area contributed by atoms with Gasteiger partial charge in [0.1, 0.15) is 5.82 Å². The Hall–Kier alpha value is -3.88. The van der Waals surface area contributed by atoms with Crippen LogP contribution in [0.15, 0.2) is 63.6 Å². The fraction of sp³-hybridized carbons (Fsp3) is 0. The van der Waals surface area contributed by atoms with E-state index in [0.29, 0.717) is 22.6 Å². The summed E-state index contributed by atoms with van der Waals surface area (Å²) in [5.41, 5.74) is 1.51. The number of nitro benzene ring substituents is 1. The van der Waals surface area contributed by atoms with Gasteiger partial charge in [0.15, 0.2) is 11.5 Å². The van der Waals surface area contributed by atoms with Crippen molar-refractivity contribution in [3.8, 4) is 34.3 Å². The molecule has 0 N–H and O–H groups in total. The van der Waals surface area contributed by atoms with Crippen LogP contribution in [0.1, 0.15) is 0 Å². The highest BCUT2D eigenvalue weighted by Gasteiger charge is 2.16. The lowest BCUT2D eigenvalue weighted by atomic mass is 10.1. The highest BCUT2D eigenvalue weighted by Crippen LogP contribution is 2.27. The third-order valence-electron chi connectivity index (χ3n) is 3.62. The lowest BCUT2D eigenvalue weighted by Gasteiger charge is -1.93. The molecule has 0 spiro atoms. The van der Waals surface area contributed by atoms with Crippen molar-refractivity contribution in [3.63, 3.8) is 0 Å². The number of hydrogen-bond acceptors (Lipinski definition) is 7. The molecule has 2 heterocycles. The Bertz CT molecular complexity index is 1070. The summed E-state index contributed by atoms with van der Waals surface area (Å²) in [4.78, 5) is 14.4. The Labute approximate surface area is 145 Å². The lowest BCUT2D eigenvalue weighted by Crippen LogP contribution is -1.87. The first-order chi connectivity index (χ1) is 12.6. The molecule has 26 heavy (non-hydrogen) atoms. The van der Waals surface area contributed by atoms with Crippen molar-refractivity contribution in [2.75, 3.05) is 0 Å². The van der Waals surface area contributed by atoms with Gasteiger partial charge in [0.25, 0.3) is 11.6 Å². The fourth-order valence-corrected chi connectivity index (χ4v) is 2.30. The highest BCUT2D eigenvalue weighted by atomic mass is 19.1. The van der Waals surface area contributed by atoms with Crippen molar-refractivity contribution in [1.82, 2.24) is 15.3 Å². The molecule has 8 nitrogen and oxygen atoms in total. The Morgan fingerprint density at radius 1 is 0.923 bits per heavy atom. The van der Waals surface area contributed by atoms with Crippen molar-refractivity contribution in [1.29, 1.82) is 0 Å². The van der Waals surface area contributed by atoms with Gasteiger partial charge in [0, 0.05) is 29.3 Å². The van der Waals surface area contributed by atoms with E-state index in [9.17, 15) is 14.5 Å². The maximum Gasteiger partial charge on any atom is 0.280 e. The monoisotopic (exact) mass is 352 g/mol. The van der Waals surface area contributed by atoms with E-state index in [4.69, 9.17) is 9.05 Å². The van der Waals surface area contributed by atoms with E-state index in [1.54, 1.807) is 18.2 Å². The normalized spacial score (nSPS) is 10.8. The number of hydrogen-bond donors (Lipinski definition) is 0. The smallest absolute Gasteiger partial charge is 0.280 e. The number of aromatic nitrogens is 3. The van der Waals surface area contributed by atoms with Crippen LogP contribution in [0.3, 0.4) is 0 Å². The van der Waals surface area contributed by atoms with Crippen molar-refractivity contribution in [2.24, 2.45) is 0 Å². The average Bonchev–Trinajstić information content (AvgIpc) is 3.32. The summed E-state index contributed by atoms with van der Waals surface area (Å²) < 4.78 is 23.4. The Kier molecular flexibility index (Phi) is 3.73. The zero-order valence-electron chi connectivity index (χ0n) is 13.0. The zero-order valence-corrected chi connectivity index (χ0v) is 13.0. The molecule has 0 aliphatic rings. The van der Waals surface area contributed by atoms with Gasteiger partial charge in [-0.25, -0.2) is 4.39 Å². The second-order valence-corrected chi connectivity index (χ2v) is 5.31. The largest absolute Gasteiger partial charge is 0.355 e. The lowest BCUT2D eigenvalue weighted by molar-refractivity contribution is -0.384. The van der Waals surface area contributed by atoms with E-state index in [2.05, 4.69) is 15.3 Å². The van der Waals surface area contributed by atoms with Gasteiger partial charge in [-0.1, -0.05) is 10.3 Å². The van der Waals surface area contributed by atoms with E-state index in [-0.39, 0.29) is 23.2 Å². The molecule has 4 aromatic rings. The maximum atomic E-state index is 13.0. The molecule has 0 bridgehead atoms. The Morgan fingerprint density at radius 3 is 2.31 bits per heavy atom. The zero-order chi connectivity index (χ0) is 18.1. The highest BCUT2D eigenvalue weighted by molar-refractivity contribution is 5.64. The van der Waals surface area contributed by atoms with Crippen LogP contribution in [0.2, 0.25) is 0 Å². The minimum absolute atomic E-state index is 0.0297. The molecule has 0 radical (unpaired) electrons. The molecule has 9 heteroatoms. The van der Waals surface area contributed by atoms with Gasteiger partial charge in [-0.05, 0) is 36.4 Å². The van der Waals surface area contributed by atoms with Crippen LogP contribution in [0.4, 0.5) is 10.1 Å². The molecule has 0 amide bonds. The molecule has 128 valence electrons. The molecule has 0 unspecified atom stereocenters. The quantitative estimate of drug-likeness (QED) is 0.402. The molecule has 0 aliphatic carbocycles. The van der Waals surface area contributed by atoms with Crippen molar-refractivity contribution >= 4 is 5.69 Å². The van der Waals surface area contributed by atoms with Crippen molar-refractivity contribution < 1.29 is 18.4 Å². The van der Waals surface area contributed by atoms with Gasteiger partial charge in [-0.2, -0.15) is 4.98 Å². The predicted molar refractivity (Wildman–Crippen MR) is 87.3 cm³/mol. The number of nitro groups is 1. The number of rotatable bonds is 4. The summed E-state index contributed by atoms with van der Waals surface area (Å²) in [6.07, 6.45) is 0. The molecule has 0 atom stereocenters. The van der Waals surface area contributed by atoms with Gasteiger partial charge in [-0.3, -0.25) is 10.1 Å². The third kappa shape index (κ3) is 2.93. The van der Waals surface area contributed by atoms with E-state index in [0.717, 1.165) is 0 Å². The minimum Gasteiger partial charge on any atom is -0.355 e. The minimum atomic E-state index is -0.488. The summed E-state index contributed by atoms with van der Waals surface area (Å²) in [7, 11) is 0. The standard InChI is InChI=1S/C17H9FN4O4/c18-12-5-1-10(2-6-12)15-9-14(20-25-15)17-19-16(21-26-17)11-3-7-13(8-4-11)22(23)24/h1-9H. The third-order valence-corrected chi connectivity index (χ3v) is 3.62. The molecule has 2 aromatic carbocycles. The van der Waals surface area contributed by atoms with Gasteiger partial charge in [0.2, 0.25) is 5.82 Å². The average molecular weight is 352 g/mol. The number of benzene rings is 2. The fourth-order valence-electron chi connectivity index (χ4n) is 2.30. The van der Waals surface area contributed by atoms with E-state index >= 15 is 0 Å². The molecule has 0 saturated carbocycles. The van der Waals surface area contributed by atoms with Crippen LogP contribution in [0.25, 0.3) is 34.3 Å². The molecule has 0 saturated heterocycles. The first-order valence-corrected chi connectivity index (χ1v) is 7.42. The second-order valence-electron chi connectivity index (χ2n) is 5.31. The first kappa shape index (κ1) is 15.6. The topological polar surface area (TPSA) is 108 Å². The first-order valence-electron chi connectivity index (χ1n) is 7.42. The van der Waals surface area contributed by atoms with E-state index < -0.39 is 4.92 Å². The molecular formula is C17H9FN4O4. The van der Waals surface area contributed by atoms with E-state index in [1.165, 1.54) is 36.4 Å². The molecular weight excluding hydrogens is 343 g/mol. The van der Waals surface area contributed by atoms with Crippen molar-refractivity contribution in [2.45, 2.75) is 0 Å². The second kappa shape index (κ2) is 6.20. The van der Waals surface area contributed by atoms with E-state index in [1.807, 2.05) is 0 Å². The Morgan fingerprint density at radius 2 is 1.62 bits per heavy atom. The number of non-ortho nitro benzene ring substituents is 1. The molecule has 0 fully saturated rings. The molecule has 0 aliphatic heterocycles.